The van der Waals surface area contributed by atoms with E-state index in [0.717, 1.165) is 0 Å². The molecular formula is C8H11N3O3. The van der Waals surface area contributed by atoms with Crippen molar-refractivity contribution in [3.05, 3.63) is 18.2 Å². The Morgan fingerprint density at radius 1 is 1.64 bits per heavy atom. The molecule has 6 nitrogen and oxygen atoms in total. The Bertz CT molecular complexity index is 358. The third kappa shape index (κ3) is 1.73. The summed E-state index contributed by atoms with van der Waals surface area (Å²) in [5.41, 5.74) is 0. The molecule has 2 N–H and O–H groups in total. The lowest BCUT2D eigenvalue weighted by molar-refractivity contribution is -0.123. The van der Waals surface area contributed by atoms with Crippen LogP contribution in [0.4, 0.5) is 0 Å². The van der Waals surface area contributed by atoms with E-state index >= 15 is 0 Å². The van der Waals surface area contributed by atoms with E-state index in [9.17, 15) is 9.59 Å². The van der Waals surface area contributed by atoms with Crippen LogP contribution in [0.25, 0.3) is 0 Å². The van der Waals surface area contributed by atoms with E-state index in [4.69, 9.17) is 5.11 Å². The lowest BCUT2D eigenvalue weighted by Crippen LogP contribution is -2.29. The molecule has 0 saturated carbocycles. The first-order valence-electron chi connectivity index (χ1n) is 4.05. The van der Waals surface area contributed by atoms with Gasteiger partial charge in [0.15, 0.2) is 0 Å². The number of carbonyl (C=O) groups is 2. The minimum Gasteiger partial charge on any atom is -0.475 e. The summed E-state index contributed by atoms with van der Waals surface area (Å²) >= 11 is 0. The van der Waals surface area contributed by atoms with Crippen LogP contribution in [0.5, 0.6) is 0 Å². The monoisotopic (exact) mass is 197 g/mol. The van der Waals surface area contributed by atoms with Crippen LogP contribution in [0.3, 0.4) is 0 Å². The van der Waals surface area contributed by atoms with Crippen LogP contribution < -0.4 is 5.32 Å². The fourth-order valence-corrected chi connectivity index (χ4v) is 1.13. The number of carboxylic acids is 1. The van der Waals surface area contributed by atoms with Gasteiger partial charge in [-0.2, -0.15) is 0 Å². The number of nitrogens with one attached hydrogen (secondary N) is 1. The van der Waals surface area contributed by atoms with Crippen molar-refractivity contribution < 1.29 is 14.7 Å². The molecule has 0 saturated heterocycles. The van der Waals surface area contributed by atoms with Crippen molar-refractivity contribution in [2.45, 2.75) is 13.0 Å². The maximum atomic E-state index is 11.2. The average Bonchev–Trinajstić information content (AvgIpc) is 2.63. The van der Waals surface area contributed by atoms with Gasteiger partial charge in [0.2, 0.25) is 11.7 Å². The number of carbonyl (C=O) groups excluding carboxylic acids is 1. The Hall–Kier alpha value is -1.85. The molecule has 1 heterocycles. The third-order valence-corrected chi connectivity index (χ3v) is 1.90. The van der Waals surface area contributed by atoms with E-state index in [-0.39, 0.29) is 11.7 Å². The molecule has 0 radical (unpaired) electrons. The molecular weight excluding hydrogens is 186 g/mol. The summed E-state index contributed by atoms with van der Waals surface area (Å²) in [4.78, 5) is 25.6. The van der Waals surface area contributed by atoms with Crippen molar-refractivity contribution in [1.29, 1.82) is 0 Å². The minimum absolute atomic E-state index is 0.138. The van der Waals surface area contributed by atoms with Gasteiger partial charge in [0, 0.05) is 19.4 Å². The number of hydrogen-bond acceptors (Lipinski definition) is 3. The Balaban J connectivity index is 3.00. The van der Waals surface area contributed by atoms with Gasteiger partial charge in [-0.3, -0.25) is 4.79 Å². The summed E-state index contributed by atoms with van der Waals surface area (Å²) < 4.78 is 1.31. The van der Waals surface area contributed by atoms with Gasteiger partial charge in [-0.15, -0.1) is 0 Å². The van der Waals surface area contributed by atoms with E-state index in [1.165, 1.54) is 24.0 Å². The number of hydrogen-bond donors (Lipinski definition) is 2. The SMILES string of the molecule is CNC(=O)C(C)n1ccnc1C(=O)O. The fourth-order valence-electron chi connectivity index (χ4n) is 1.13. The number of imidazole rings is 1. The smallest absolute Gasteiger partial charge is 0.372 e. The first kappa shape index (κ1) is 10.2. The van der Waals surface area contributed by atoms with Crippen LogP contribution >= 0.6 is 0 Å². The highest BCUT2D eigenvalue weighted by atomic mass is 16.4. The molecule has 0 aliphatic carbocycles. The van der Waals surface area contributed by atoms with Crippen LogP contribution in [-0.4, -0.2) is 33.6 Å². The van der Waals surface area contributed by atoms with Crippen molar-refractivity contribution in [3.8, 4) is 0 Å². The summed E-state index contributed by atoms with van der Waals surface area (Å²) in [6.45, 7) is 1.60. The lowest BCUT2D eigenvalue weighted by Gasteiger charge is -2.12. The summed E-state index contributed by atoms with van der Waals surface area (Å²) in [6.07, 6.45) is 2.81. The van der Waals surface area contributed by atoms with Crippen LogP contribution in [-0.2, 0) is 4.79 Å². The first-order chi connectivity index (χ1) is 6.57. The first-order valence-corrected chi connectivity index (χ1v) is 4.05. The second-order valence-electron chi connectivity index (χ2n) is 2.75. The number of carboxylic acid groups (broad SMARTS) is 1. The van der Waals surface area contributed by atoms with Gasteiger partial charge in [-0.1, -0.05) is 0 Å². The van der Waals surface area contributed by atoms with Crippen LogP contribution in [0.15, 0.2) is 12.4 Å². The van der Waals surface area contributed by atoms with Gasteiger partial charge >= 0.3 is 5.97 Å². The standard InChI is InChI=1S/C8H11N3O3/c1-5(7(12)9-2)11-4-3-10-6(11)8(13)14/h3-5H,1-2H3,(H,9,12)(H,13,14). The van der Waals surface area contributed by atoms with Crippen LogP contribution in [0.1, 0.15) is 23.6 Å². The summed E-state index contributed by atoms with van der Waals surface area (Å²) in [7, 11) is 1.50. The summed E-state index contributed by atoms with van der Waals surface area (Å²) in [5.74, 6) is -1.54. The topological polar surface area (TPSA) is 84.2 Å². The normalized spacial score (nSPS) is 12.1. The van der Waals surface area contributed by atoms with Crippen molar-refractivity contribution in [1.82, 2.24) is 14.9 Å². The minimum atomic E-state index is -1.15. The second-order valence-corrected chi connectivity index (χ2v) is 2.75. The third-order valence-electron chi connectivity index (χ3n) is 1.90. The maximum Gasteiger partial charge on any atom is 0.372 e. The van der Waals surface area contributed by atoms with Gasteiger partial charge in [0.05, 0.1) is 0 Å². The Morgan fingerprint density at radius 2 is 2.29 bits per heavy atom. The van der Waals surface area contributed by atoms with E-state index in [2.05, 4.69) is 10.3 Å². The molecule has 6 heteroatoms. The Labute approximate surface area is 80.6 Å². The van der Waals surface area contributed by atoms with E-state index in [1.54, 1.807) is 6.92 Å². The molecule has 0 spiro atoms. The van der Waals surface area contributed by atoms with Crippen molar-refractivity contribution >= 4 is 11.9 Å². The Morgan fingerprint density at radius 3 is 2.79 bits per heavy atom. The number of rotatable bonds is 3. The molecule has 14 heavy (non-hydrogen) atoms. The zero-order chi connectivity index (χ0) is 10.7. The maximum absolute atomic E-state index is 11.2. The number of nitrogens with zero attached hydrogens (tertiary/aromatic N) is 2. The lowest BCUT2D eigenvalue weighted by atomic mass is 10.3. The molecule has 0 aliphatic rings. The largest absolute Gasteiger partial charge is 0.475 e. The Kier molecular flexibility index (Phi) is 2.85. The number of amides is 1. The number of likely N-dealkylation sites (N-methyl/N-ethyl adjacent to an activating group) is 1. The van der Waals surface area contributed by atoms with Crippen molar-refractivity contribution in [2.24, 2.45) is 0 Å². The van der Waals surface area contributed by atoms with Crippen molar-refractivity contribution in [2.75, 3.05) is 7.05 Å². The predicted molar refractivity (Wildman–Crippen MR) is 48.0 cm³/mol. The second kappa shape index (κ2) is 3.91. The van der Waals surface area contributed by atoms with Crippen LogP contribution in [0.2, 0.25) is 0 Å². The van der Waals surface area contributed by atoms with E-state index in [1.807, 2.05) is 0 Å². The fraction of sp³-hybridized carbons (Fsp3) is 0.375. The van der Waals surface area contributed by atoms with Gasteiger partial charge in [0.25, 0.3) is 0 Å². The molecule has 0 aromatic carbocycles. The van der Waals surface area contributed by atoms with E-state index in [0.29, 0.717) is 0 Å². The zero-order valence-electron chi connectivity index (χ0n) is 7.89. The predicted octanol–water partition coefficient (Wildman–Crippen LogP) is -0.112. The molecule has 76 valence electrons. The molecule has 1 aromatic heterocycles. The highest BCUT2D eigenvalue weighted by Crippen LogP contribution is 2.08. The van der Waals surface area contributed by atoms with Gasteiger partial charge < -0.3 is 15.0 Å². The van der Waals surface area contributed by atoms with Gasteiger partial charge in [0.1, 0.15) is 6.04 Å². The molecule has 1 rings (SSSR count). The molecule has 1 atom stereocenters. The molecule has 0 aliphatic heterocycles. The molecule has 1 amide bonds. The number of aromatic nitrogens is 2. The average molecular weight is 197 g/mol. The summed E-state index contributed by atoms with van der Waals surface area (Å²) in [6, 6.07) is -0.575. The van der Waals surface area contributed by atoms with Gasteiger partial charge in [-0.25, -0.2) is 9.78 Å². The van der Waals surface area contributed by atoms with Gasteiger partial charge in [-0.05, 0) is 6.92 Å². The number of aromatic carboxylic acids is 1. The quantitative estimate of drug-likeness (QED) is 0.708. The molecule has 0 fully saturated rings. The molecule has 1 unspecified atom stereocenters. The summed E-state index contributed by atoms with van der Waals surface area (Å²) in [5, 5.41) is 11.2. The van der Waals surface area contributed by atoms with Crippen molar-refractivity contribution in [3.63, 3.8) is 0 Å². The zero-order valence-corrected chi connectivity index (χ0v) is 7.89. The highest BCUT2D eigenvalue weighted by Gasteiger charge is 2.19. The molecule has 0 bridgehead atoms. The highest BCUT2D eigenvalue weighted by molar-refractivity contribution is 5.85. The van der Waals surface area contributed by atoms with Crippen LogP contribution in [0, 0.1) is 0 Å². The molecule has 1 aromatic rings. The van der Waals surface area contributed by atoms with E-state index < -0.39 is 12.0 Å².